The van der Waals surface area contributed by atoms with Crippen LogP contribution in [0.1, 0.15) is 30.9 Å². The molecule has 2 aromatic rings. The standard InChI is InChI=1S/C24H28N6O/c1-16(27-20-12-6-5-10-18(20)14-25)21-23(30-13-7-11-19(26)15-30)28-22(29-24(21)31)17-8-3-2-4-9-17/h2-6,8-10,12,16,19,21,23,27H,7,11,13,15,26H2,1H3,(H,28,29,31). The van der Waals surface area contributed by atoms with E-state index in [9.17, 15) is 10.1 Å². The van der Waals surface area contributed by atoms with Crippen LogP contribution in [-0.4, -0.2) is 48.0 Å². The fourth-order valence-electron chi connectivity index (χ4n) is 4.44. The summed E-state index contributed by atoms with van der Waals surface area (Å²) in [4.78, 5) is 20.6. The van der Waals surface area contributed by atoms with Gasteiger partial charge in [-0.1, -0.05) is 42.5 Å². The monoisotopic (exact) mass is 416 g/mol. The SMILES string of the molecule is CC(Nc1ccccc1C#N)C1C(=O)NC(c2ccccc2)=NC1N1CCCC(N)C1. The summed E-state index contributed by atoms with van der Waals surface area (Å²) in [6.07, 6.45) is 1.65. The number of amidine groups is 1. The van der Waals surface area contributed by atoms with Gasteiger partial charge in [-0.25, -0.2) is 4.99 Å². The van der Waals surface area contributed by atoms with Crippen molar-refractivity contribution in [1.29, 1.82) is 5.26 Å². The zero-order chi connectivity index (χ0) is 21.8. The van der Waals surface area contributed by atoms with Gasteiger partial charge in [-0.3, -0.25) is 9.69 Å². The molecule has 7 nitrogen and oxygen atoms in total. The van der Waals surface area contributed by atoms with Crippen molar-refractivity contribution in [3.8, 4) is 6.07 Å². The molecule has 4 unspecified atom stereocenters. The van der Waals surface area contributed by atoms with Crippen molar-refractivity contribution in [3.63, 3.8) is 0 Å². The average molecular weight is 417 g/mol. The van der Waals surface area contributed by atoms with Gasteiger partial charge in [-0.05, 0) is 31.9 Å². The topological polar surface area (TPSA) is 107 Å². The number of aliphatic imine (C=N–C) groups is 1. The van der Waals surface area contributed by atoms with Crippen molar-refractivity contribution in [2.75, 3.05) is 18.4 Å². The number of amides is 1. The summed E-state index contributed by atoms with van der Waals surface area (Å²) in [7, 11) is 0. The van der Waals surface area contributed by atoms with Crippen molar-refractivity contribution in [2.24, 2.45) is 16.6 Å². The number of para-hydroxylation sites is 1. The molecule has 0 spiro atoms. The highest BCUT2D eigenvalue weighted by molar-refractivity contribution is 6.10. The highest BCUT2D eigenvalue weighted by Gasteiger charge is 2.41. The third-order valence-corrected chi connectivity index (χ3v) is 6.01. The molecule has 2 heterocycles. The van der Waals surface area contributed by atoms with E-state index in [4.69, 9.17) is 10.7 Å². The van der Waals surface area contributed by atoms with E-state index in [1.807, 2.05) is 55.5 Å². The van der Waals surface area contributed by atoms with Gasteiger partial charge in [0.05, 0.1) is 17.2 Å². The van der Waals surface area contributed by atoms with Gasteiger partial charge < -0.3 is 16.4 Å². The summed E-state index contributed by atoms with van der Waals surface area (Å²) >= 11 is 0. The maximum absolute atomic E-state index is 13.3. The molecule has 0 saturated carbocycles. The van der Waals surface area contributed by atoms with E-state index in [0.717, 1.165) is 30.6 Å². The van der Waals surface area contributed by atoms with Crippen LogP contribution >= 0.6 is 0 Å². The second kappa shape index (κ2) is 9.29. The Morgan fingerprint density at radius 3 is 2.71 bits per heavy atom. The fourth-order valence-corrected chi connectivity index (χ4v) is 4.44. The summed E-state index contributed by atoms with van der Waals surface area (Å²) in [6.45, 7) is 3.54. The number of anilines is 1. The van der Waals surface area contributed by atoms with Crippen LogP contribution in [0, 0.1) is 17.2 Å². The zero-order valence-electron chi connectivity index (χ0n) is 17.7. The van der Waals surface area contributed by atoms with E-state index < -0.39 is 5.92 Å². The van der Waals surface area contributed by atoms with E-state index in [0.29, 0.717) is 17.9 Å². The van der Waals surface area contributed by atoms with Crippen LogP contribution in [0.15, 0.2) is 59.6 Å². The number of carbonyl (C=O) groups is 1. The lowest BCUT2D eigenvalue weighted by molar-refractivity contribution is -0.127. The number of carbonyl (C=O) groups excluding carboxylic acids is 1. The molecular weight excluding hydrogens is 388 g/mol. The number of nitrogens with two attached hydrogens (primary N) is 1. The number of benzene rings is 2. The molecule has 4 atom stereocenters. The predicted octanol–water partition coefficient (Wildman–Crippen LogP) is 2.30. The van der Waals surface area contributed by atoms with Crippen LogP contribution < -0.4 is 16.4 Å². The molecule has 160 valence electrons. The molecule has 0 bridgehead atoms. The number of nitrogens with zero attached hydrogens (tertiary/aromatic N) is 3. The third kappa shape index (κ3) is 4.61. The van der Waals surface area contributed by atoms with Gasteiger partial charge >= 0.3 is 0 Å². The number of nitrogens with one attached hydrogen (secondary N) is 2. The Kier molecular flexibility index (Phi) is 6.31. The molecule has 2 aromatic carbocycles. The summed E-state index contributed by atoms with van der Waals surface area (Å²) in [5.74, 6) is 0.0903. The van der Waals surface area contributed by atoms with Gasteiger partial charge in [0.15, 0.2) is 0 Å². The molecule has 0 radical (unpaired) electrons. The van der Waals surface area contributed by atoms with Crippen LogP contribution in [0.2, 0.25) is 0 Å². The van der Waals surface area contributed by atoms with Crippen molar-refractivity contribution in [3.05, 3.63) is 65.7 Å². The first kappa shape index (κ1) is 21.0. The van der Waals surface area contributed by atoms with E-state index in [1.165, 1.54) is 0 Å². The normalized spacial score (nSPS) is 25.1. The molecule has 4 N–H and O–H groups in total. The molecular formula is C24H28N6O. The second-order valence-corrected chi connectivity index (χ2v) is 8.26. The Labute approximate surface area is 183 Å². The molecule has 1 fully saturated rings. The van der Waals surface area contributed by atoms with E-state index in [1.54, 1.807) is 6.07 Å². The number of hydrogen-bond acceptors (Lipinski definition) is 6. The lowest BCUT2D eigenvalue weighted by Crippen LogP contribution is -2.59. The largest absolute Gasteiger partial charge is 0.381 e. The van der Waals surface area contributed by atoms with E-state index in [-0.39, 0.29) is 24.2 Å². The Morgan fingerprint density at radius 2 is 1.97 bits per heavy atom. The first-order chi connectivity index (χ1) is 15.1. The molecule has 1 saturated heterocycles. The van der Waals surface area contributed by atoms with Gasteiger partial charge in [-0.15, -0.1) is 0 Å². The minimum atomic E-state index is -0.426. The average Bonchev–Trinajstić information content (AvgIpc) is 2.79. The summed E-state index contributed by atoms with van der Waals surface area (Å²) < 4.78 is 0. The summed E-state index contributed by atoms with van der Waals surface area (Å²) in [5.41, 5.74) is 8.41. The number of piperidine rings is 1. The smallest absolute Gasteiger partial charge is 0.234 e. The van der Waals surface area contributed by atoms with Crippen molar-refractivity contribution in [1.82, 2.24) is 10.2 Å². The maximum atomic E-state index is 13.3. The summed E-state index contributed by atoms with van der Waals surface area (Å²) in [6, 6.07) is 19.1. The molecule has 1 amide bonds. The first-order valence-corrected chi connectivity index (χ1v) is 10.8. The van der Waals surface area contributed by atoms with Gasteiger partial charge in [0.1, 0.15) is 18.1 Å². The second-order valence-electron chi connectivity index (χ2n) is 8.26. The quantitative estimate of drug-likeness (QED) is 0.693. The van der Waals surface area contributed by atoms with Gasteiger partial charge in [-0.2, -0.15) is 5.26 Å². The number of likely N-dealkylation sites (tertiary alicyclic amines) is 1. The minimum absolute atomic E-state index is 0.0764. The lowest BCUT2D eigenvalue weighted by atomic mass is 9.91. The van der Waals surface area contributed by atoms with Crippen molar-refractivity contribution < 1.29 is 4.79 Å². The molecule has 31 heavy (non-hydrogen) atoms. The molecule has 7 heteroatoms. The van der Waals surface area contributed by atoms with Gasteiger partial charge in [0.2, 0.25) is 5.91 Å². The van der Waals surface area contributed by atoms with Crippen LogP contribution in [0.5, 0.6) is 0 Å². The van der Waals surface area contributed by atoms with E-state index in [2.05, 4.69) is 21.6 Å². The molecule has 2 aliphatic heterocycles. The first-order valence-electron chi connectivity index (χ1n) is 10.8. The Hall–Kier alpha value is -3.21. The maximum Gasteiger partial charge on any atom is 0.234 e. The lowest BCUT2D eigenvalue weighted by Gasteiger charge is -2.42. The molecule has 4 rings (SSSR count). The van der Waals surface area contributed by atoms with Crippen LogP contribution in [0.4, 0.5) is 5.69 Å². The Balaban J connectivity index is 1.66. The minimum Gasteiger partial charge on any atom is -0.381 e. The number of nitriles is 1. The summed E-state index contributed by atoms with van der Waals surface area (Å²) in [5, 5.41) is 15.8. The van der Waals surface area contributed by atoms with Gasteiger partial charge in [0.25, 0.3) is 0 Å². The highest BCUT2D eigenvalue weighted by atomic mass is 16.2. The Morgan fingerprint density at radius 1 is 1.23 bits per heavy atom. The Bertz CT molecular complexity index is 999. The predicted molar refractivity (Wildman–Crippen MR) is 121 cm³/mol. The molecule has 0 aliphatic carbocycles. The van der Waals surface area contributed by atoms with E-state index >= 15 is 0 Å². The van der Waals surface area contributed by atoms with Gasteiger partial charge in [0, 0.05) is 30.7 Å². The molecule has 2 aliphatic rings. The number of hydrogen-bond donors (Lipinski definition) is 3. The van der Waals surface area contributed by atoms with Crippen LogP contribution in [0.3, 0.4) is 0 Å². The van der Waals surface area contributed by atoms with Crippen LogP contribution in [-0.2, 0) is 4.79 Å². The zero-order valence-corrected chi connectivity index (χ0v) is 17.7. The fraction of sp³-hybridized carbons (Fsp3) is 0.375. The van der Waals surface area contributed by atoms with Crippen molar-refractivity contribution >= 4 is 17.4 Å². The van der Waals surface area contributed by atoms with Crippen molar-refractivity contribution in [2.45, 2.75) is 38.0 Å². The van der Waals surface area contributed by atoms with Crippen LogP contribution in [0.25, 0.3) is 0 Å². The molecule has 0 aromatic heterocycles. The number of rotatable bonds is 5. The third-order valence-electron chi connectivity index (χ3n) is 6.01. The highest BCUT2D eigenvalue weighted by Crippen LogP contribution is 2.27.